The molecular weight excluding hydrogens is 258 g/mol. The number of ether oxygens (including phenoxy) is 1. The zero-order chi connectivity index (χ0) is 15.2. The monoisotopic (exact) mass is 289 g/mol. The molecular formula is C19H31NO. The van der Waals surface area contributed by atoms with E-state index in [0.29, 0.717) is 0 Å². The maximum atomic E-state index is 5.93. The average Bonchev–Trinajstić information content (AvgIpc) is 2.51. The molecule has 1 N–H and O–H groups in total. The van der Waals surface area contributed by atoms with Crippen LogP contribution in [0.1, 0.15) is 57.4 Å². The summed E-state index contributed by atoms with van der Waals surface area (Å²) in [6, 6.07) is 8.28. The van der Waals surface area contributed by atoms with Crippen molar-refractivity contribution >= 4 is 0 Å². The Hall–Kier alpha value is -1.28. The Bertz CT molecular complexity index is 376. The van der Waals surface area contributed by atoms with E-state index >= 15 is 0 Å². The molecule has 0 aliphatic carbocycles. The maximum absolute atomic E-state index is 5.93. The lowest BCUT2D eigenvalue weighted by atomic mass is 10.1. The lowest BCUT2D eigenvalue weighted by Gasteiger charge is -2.11. The van der Waals surface area contributed by atoms with Crippen molar-refractivity contribution in [1.29, 1.82) is 0 Å². The van der Waals surface area contributed by atoms with Crippen molar-refractivity contribution in [2.75, 3.05) is 13.2 Å². The van der Waals surface area contributed by atoms with Crippen LogP contribution in [0.5, 0.6) is 5.75 Å². The van der Waals surface area contributed by atoms with Crippen molar-refractivity contribution < 1.29 is 4.74 Å². The van der Waals surface area contributed by atoms with E-state index in [2.05, 4.69) is 37.0 Å². The van der Waals surface area contributed by atoms with Gasteiger partial charge in [0.15, 0.2) is 0 Å². The van der Waals surface area contributed by atoms with Crippen LogP contribution in [0, 0.1) is 0 Å². The molecule has 0 atom stereocenters. The number of unbranched alkanes of at least 4 members (excludes halogenated alkanes) is 6. The number of benzene rings is 1. The van der Waals surface area contributed by atoms with E-state index in [0.717, 1.165) is 31.9 Å². The van der Waals surface area contributed by atoms with Gasteiger partial charge in [0.1, 0.15) is 5.75 Å². The minimum Gasteiger partial charge on any atom is -0.493 e. The van der Waals surface area contributed by atoms with Gasteiger partial charge in [-0.05, 0) is 12.5 Å². The molecule has 0 fully saturated rings. The number of para-hydroxylation sites is 1. The Morgan fingerprint density at radius 2 is 1.76 bits per heavy atom. The number of rotatable bonds is 13. The van der Waals surface area contributed by atoms with Crippen LogP contribution in [-0.2, 0) is 6.54 Å². The second-order valence-corrected chi connectivity index (χ2v) is 5.50. The van der Waals surface area contributed by atoms with Gasteiger partial charge in [-0.1, -0.05) is 69.7 Å². The van der Waals surface area contributed by atoms with Gasteiger partial charge in [0, 0.05) is 18.7 Å². The molecule has 0 amide bonds. The molecule has 0 aromatic heterocycles. The normalized spacial score (nSPS) is 10.5. The van der Waals surface area contributed by atoms with Gasteiger partial charge in [0.25, 0.3) is 0 Å². The Kier molecular flexibility index (Phi) is 10.5. The summed E-state index contributed by atoms with van der Waals surface area (Å²) in [6.07, 6.45) is 11.1. The summed E-state index contributed by atoms with van der Waals surface area (Å²) in [5.74, 6) is 1.01. The van der Waals surface area contributed by atoms with Crippen LogP contribution in [-0.4, -0.2) is 13.2 Å². The zero-order valence-electron chi connectivity index (χ0n) is 13.6. The first-order valence-corrected chi connectivity index (χ1v) is 8.40. The van der Waals surface area contributed by atoms with Crippen molar-refractivity contribution in [3.63, 3.8) is 0 Å². The van der Waals surface area contributed by atoms with Crippen molar-refractivity contribution in [1.82, 2.24) is 5.32 Å². The van der Waals surface area contributed by atoms with Crippen molar-refractivity contribution in [3.8, 4) is 5.75 Å². The highest BCUT2D eigenvalue weighted by Crippen LogP contribution is 2.18. The molecule has 0 unspecified atom stereocenters. The van der Waals surface area contributed by atoms with Gasteiger partial charge in [-0.3, -0.25) is 0 Å². The lowest BCUT2D eigenvalue weighted by Crippen LogP contribution is -2.13. The molecule has 0 saturated heterocycles. The van der Waals surface area contributed by atoms with Crippen LogP contribution in [0.4, 0.5) is 0 Å². The Balaban J connectivity index is 2.17. The Labute approximate surface area is 130 Å². The summed E-state index contributed by atoms with van der Waals surface area (Å²) in [6.45, 7) is 8.46. The summed E-state index contributed by atoms with van der Waals surface area (Å²) in [4.78, 5) is 0. The van der Waals surface area contributed by atoms with Crippen molar-refractivity contribution in [3.05, 3.63) is 42.5 Å². The number of hydrogen-bond donors (Lipinski definition) is 1. The Morgan fingerprint density at radius 3 is 2.52 bits per heavy atom. The second kappa shape index (κ2) is 12.5. The largest absolute Gasteiger partial charge is 0.493 e. The molecule has 0 spiro atoms. The van der Waals surface area contributed by atoms with Crippen LogP contribution in [0.15, 0.2) is 36.9 Å². The molecule has 118 valence electrons. The highest BCUT2D eigenvalue weighted by molar-refractivity contribution is 5.33. The molecule has 2 nitrogen and oxygen atoms in total. The smallest absolute Gasteiger partial charge is 0.123 e. The minimum atomic E-state index is 0.825. The molecule has 0 heterocycles. The molecule has 0 saturated carbocycles. The standard InChI is InChI=1S/C19H31NO/c1-3-5-6-7-8-9-12-16-21-19-14-11-10-13-18(19)17-20-15-4-2/h4,10-11,13-14,20H,2-3,5-9,12,15-17H2,1H3. The third kappa shape index (κ3) is 8.56. The topological polar surface area (TPSA) is 21.3 Å². The fourth-order valence-corrected chi connectivity index (χ4v) is 2.34. The number of hydrogen-bond acceptors (Lipinski definition) is 2. The second-order valence-electron chi connectivity index (χ2n) is 5.50. The average molecular weight is 289 g/mol. The molecule has 1 aromatic carbocycles. The van der Waals surface area contributed by atoms with Crippen LogP contribution in [0.25, 0.3) is 0 Å². The quantitative estimate of drug-likeness (QED) is 0.403. The molecule has 0 bridgehead atoms. The van der Waals surface area contributed by atoms with E-state index in [1.165, 1.54) is 44.1 Å². The van der Waals surface area contributed by atoms with E-state index in [1.807, 2.05) is 12.1 Å². The summed E-state index contributed by atoms with van der Waals surface area (Å²) >= 11 is 0. The molecule has 0 radical (unpaired) electrons. The van der Waals surface area contributed by atoms with E-state index in [-0.39, 0.29) is 0 Å². The van der Waals surface area contributed by atoms with E-state index in [9.17, 15) is 0 Å². The van der Waals surface area contributed by atoms with Crippen LogP contribution in [0.3, 0.4) is 0 Å². The Morgan fingerprint density at radius 1 is 1.05 bits per heavy atom. The first-order valence-electron chi connectivity index (χ1n) is 8.40. The number of nitrogens with one attached hydrogen (secondary N) is 1. The highest BCUT2D eigenvalue weighted by Gasteiger charge is 2.02. The van der Waals surface area contributed by atoms with Gasteiger partial charge in [-0.2, -0.15) is 0 Å². The summed E-state index contributed by atoms with van der Waals surface area (Å²) in [5.41, 5.74) is 1.22. The molecule has 0 aliphatic heterocycles. The van der Waals surface area contributed by atoms with Gasteiger partial charge < -0.3 is 10.1 Å². The van der Waals surface area contributed by atoms with Gasteiger partial charge in [-0.15, -0.1) is 6.58 Å². The predicted octanol–water partition coefficient (Wildman–Crippen LogP) is 5.09. The van der Waals surface area contributed by atoms with Crippen LogP contribution < -0.4 is 10.1 Å². The van der Waals surface area contributed by atoms with Crippen LogP contribution >= 0.6 is 0 Å². The van der Waals surface area contributed by atoms with Gasteiger partial charge >= 0.3 is 0 Å². The molecule has 0 aliphatic rings. The maximum Gasteiger partial charge on any atom is 0.123 e. The highest BCUT2D eigenvalue weighted by atomic mass is 16.5. The van der Waals surface area contributed by atoms with Gasteiger partial charge in [0.2, 0.25) is 0 Å². The first-order chi connectivity index (χ1) is 10.4. The fourth-order valence-electron chi connectivity index (χ4n) is 2.34. The third-order valence-electron chi connectivity index (χ3n) is 3.58. The molecule has 1 rings (SSSR count). The van der Waals surface area contributed by atoms with E-state index < -0.39 is 0 Å². The fraction of sp³-hybridized carbons (Fsp3) is 0.579. The lowest BCUT2D eigenvalue weighted by molar-refractivity contribution is 0.301. The minimum absolute atomic E-state index is 0.825. The van der Waals surface area contributed by atoms with E-state index in [4.69, 9.17) is 4.74 Å². The van der Waals surface area contributed by atoms with Crippen LogP contribution in [0.2, 0.25) is 0 Å². The first kappa shape index (κ1) is 17.8. The van der Waals surface area contributed by atoms with Crippen molar-refractivity contribution in [2.24, 2.45) is 0 Å². The zero-order valence-corrected chi connectivity index (χ0v) is 13.6. The molecule has 21 heavy (non-hydrogen) atoms. The van der Waals surface area contributed by atoms with Gasteiger partial charge in [-0.25, -0.2) is 0 Å². The van der Waals surface area contributed by atoms with Crippen molar-refractivity contribution in [2.45, 2.75) is 58.4 Å². The predicted molar refractivity (Wildman–Crippen MR) is 91.8 cm³/mol. The SMILES string of the molecule is C=CCNCc1ccccc1OCCCCCCCCC. The molecule has 2 heteroatoms. The molecule has 1 aromatic rings. The summed E-state index contributed by atoms with van der Waals surface area (Å²) in [5, 5.41) is 3.32. The third-order valence-corrected chi connectivity index (χ3v) is 3.58. The van der Waals surface area contributed by atoms with Gasteiger partial charge in [0.05, 0.1) is 6.61 Å². The van der Waals surface area contributed by atoms with E-state index in [1.54, 1.807) is 0 Å². The summed E-state index contributed by atoms with van der Waals surface area (Å²) in [7, 11) is 0. The summed E-state index contributed by atoms with van der Waals surface area (Å²) < 4.78 is 5.93.